The first-order valence-electron chi connectivity index (χ1n) is 6.91. The molecule has 0 unspecified atom stereocenters. The number of carboxylic acid groups (broad SMARTS) is 1. The Morgan fingerprint density at radius 3 is 2.38 bits per heavy atom. The highest BCUT2D eigenvalue weighted by Gasteiger charge is 2.28. The van der Waals surface area contributed by atoms with Gasteiger partial charge in [0.1, 0.15) is 12.4 Å². The van der Waals surface area contributed by atoms with Crippen LogP contribution in [0.5, 0.6) is 5.75 Å². The van der Waals surface area contributed by atoms with Gasteiger partial charge in [0, 0.05) is 12.1 Å². The van der Waals surface area contributed by atoms with Gasteiger partial charge in [0.05, 0.1) is 9.89 Å². The summed E-state index contributed by atoms with van der Waals surface area (Å²) in [5.74, 6) is -0.214. The van der Waals surface area contributed by atoms with Crippen LogP contribution in [-0.4, -0.2) is 23.2 Å². The molecule has 5 heteroatoms. The molecule has 2 N–H and O–H groups in total. The maximum absolute atomic E-state index is 11.1. The van der Waals surface area contributed by atoms with E-state index in [9.17, 15) is 4.79 Å². The number of nitrogens with one attached hydrogen (secondary N) is 1. The summed E-state index contributed by atoms with van der Waals surface area (Å²) in [5.41, 5.74) is 0.292. The fraction of sp³-hybridized carbons (Fsp3) is 0.562. The topological polar surface area (TPSA) is 58.6 Å². The Morgan fingerprint density at radius 2 is 1.90 bits per heavy atom. The zero-order valence-corrected chi connectivity index (χ0v) is 14.9. The lowest BCUT2D eigenvalue weighted by atomic mass is 9.95. The summed E-state index contributed by atoms with van der Waals surface area (Å²) in [4.78, 5) is 11.1. The molecule has 0 fully saturated rings. The number of benzene rings is 1. The highest BCUT2D eigenvalue weighted by atomic mass is 79.9. The SMILES string of the molecule is CC(C)(C)NCc1ccc(OCC(C)(C)C(=O)O)c(Br)c1. The summed E-state index contributed by atoms with van der Waals surface area (Å²) in [5, 5.41) is 12.5. The van der Waals surface area contributed by atoms with Gasteiger partial charge in [0.15, 0.2) is 0 Å². The molecule has 118 valence electrons. The van der Waals surface area contributed by atoms with E-state index in [1.54, 1.807) is 13.8 Å². The molecule has 1 aromatic carbocycles. The zero-order valence-electron chi connectivity index (χ0n) is 13.3. The molecule has 1 rings (SSSR count). The quantitative estimate of drug-likeness (QED) is 0.812. The molecule has 0 amide bonds. The number of rotatable bonds is 6. The maximum Gasteiger partial charge on any atom is 0.312 e. The fourth-order valence-electron chi connectivity index (χ4n) is 1.46. The van der Waals surface area contributed by atoms with Gasteiger partial charge in [0.25, 0.3) is 0 Å². The van der Waals surface area contributed by atoms with E-state index >= 15 is 0 Å². The molecule has 1 aromatic rings. The average molecular weight is 358 g/mol. The summed E-state index contributed by atoms with van der Waals surface area (Å²) in [6.45, 7) is 10.5. The van der Waals surface area contributed by atoms with Gasteiger partial charge < -0.3 is 15.2 Å². The molecule has 0 aromatic heterocycles. The highest BCUT2D eigenvalue weighted by molar-refractivity contribution is 9.10. The Morgan fingerprint density at radius 1 is 1.29 bits per heavy atom. The van der Waals surface area contributed by atoms with Gasteiger partial charge in [0.2, 0.25) is 0 Å². The first-order valence-corrected chi connectivity index (χ1v) is 7.70. The number of hydrogen-bond donors (Lipinski definition) is 2. The Labute approximate surface area is 135 Å². The van der Waals surface area contributed by atoms with Gasteiger partial charge in [-0.1, -0.05) is 6.07 Å². The molecule has 0 aliphatic heterocycles. The molecule has 0 aliphatic rings. The predicted molar refractivity (Wildman–Crippen MR) is 87.6 cm³/mol. The summed E-state index contributed by atoms with van der Waals surface area (Å²) in [7, 11) is 0. The fourth-order valence-corrected chi connectivity index (χ4v) is 2.00. The number of carboxylic acids is 1. The van der Waals surface area contributed by atoms with Crippen molar-refractivity contribution in [2.75, 3.05) is 6.61 Å². The predicted octanol–water partition coefficient (Wildman–Crippen LogP) is 3.83. The van der Waals surface area contributed by atoms with Gasteiger partial charge in [-0.2, -0.15) is 0 Å². The van der Waals surface area contributed by atoms with Crippen molar-refractivity contribution in [2.24, 2.45) is 5.41 Å². The molecular formula is C16H24BrNO3. The molecule has 0 heterocycles. The second kappa shape index (κ2) is 6.79. The number of ether oxygens (including phenoxy) is 1. The molecule has 21 heavy (non-hydrogen) atoms. The second-order valence-corrected chi connectivity index (χ2v) is 7.70. The molecule has 0 aliphatic carbocycles. The molecule has 0 bridgehead atoms. The third kappa shape index (κ3) is 6.06. The van der Waals surface area contributed by atoms with Crippen LogP contribution in [0.3, 0.4) is 0 Å². The van der Waals surface area contributed by atoms with Gasteiger partial charge in [-0.25, -0.2) is 0 Å². The lowest BCUT2D eigenvalue weighted by molar-refractivity contribution is -0.148. The van der Waals surface area contributed by atoms with Crippen molar-refractivity contribution in [1.82, 2.24) is 5.32 Å². The maximum atomic E-state index is 11.1. The van der Waals surface area contributed by atoms with Crippen LogP contribution in [0.1, 0.15) is 40.2 Å². The van der Waals surface area contributed by atoms with E-state index < -0.39 is 11.4 Å². The number of carbonyl (C=O) groups is 1. The second-order valence-electron chi connectivity index (χ2n) is 6.85. The van der Waals surface area contributed by atoms with Crippen LogP contribution >= 0.6 is 15.9 Å². The van der Waals surface area contributed by atoms with Crippen LogP contribution in [-0.2, 0) is 11.3 Å². The van der Waals surface area contributed by atoms with Crippen LogP contribution in [0.25, 0.3) is 0 Å². The van der Waals surface area contributed by atoms with Crippen LogP contribution in [0.2, 0.25) is 0 Å². The first-order chi connectivity index (χ1) is 9.51. The van der Waals surface area contributed by atoms with E-state index in [0.717, 1.165) is 16.6 Å². The van der Waals surface area contributed by atoms with E-state index in [4.69, 9.17) is 9.84 Å². The van der Waals surface area contributed by atoms with Gasteiger partial charge in [-0.05, 0) is 68.2 Å². The summed E-state index contributed by atoms with van der Waals surface area (Å²) in [6.07, 6.45) is 0. The molecule has 0 spiro atoms. The number of hydrogen-bond acceptors (Lipinski definition) is 3. The molecule has 0 saturated carbocycles. The minimum atomic E-state index is -0.911. The summed E-state index contributed by atoms with van der Waals surface area (Å²) < 4.78 is 6.45. The van der Waals surface area contributed by atoms with Gasteiger partial charge in [-0.15, -0.1) is 0 Å². The lowest BCUT2D eigenvalue weighted by Gasteiger charge is -2.22. The third-order valence-electron chi connectivity index (χ3n) is 2.99. The monoisotopic (exact) mass is 357 g/mol. The largest absolute Gasteiger partial charge is 0.491 e. The first kappa shape index (κ1) is 18.0. The van der Waals surface area contributed by atoms with Crippen molar-refractivity contribution in [1.29, 1.82) is 0 Å². The number of halogens is 1. The molecule has 4 nitrogen and oxygen atoms in total. The van der Waals surface area contributed by atoms with Crippen molar-refractivity contribution >= 4 is 21.9 Å². The summed E-state index contributed by atoms with van der Waals surface area (Å²) >= 11 is 3.47. The normalized spacial score (nSPS) is 12.3. The van der Waals surface area contributed by atoms with Gasteiger partial charge >= 0.3 is 5.97 Å². The van der Waals surface area contributed by atoms with Gasteiger partial charge in [-0.3, -0.25) is 4.79 Å². The third-order valence-corrected chi connectivity index (χ3v) is 3.61. The zero-order chi connectivity index (χ0) is 16.3. The number of aliphatic carboxylic acids is 1. The van der Waals surface area contributed by atoms with Crippen molar-refractivity contribution < 1.29 is 14.6 Å². The Bertz CT molecular complexity index is 507. The van der Waals surface area contributed by atoms with Crippen molar-refractivity contribution in [3.63, 3.8) is 0 Å². The molecule has 0 saturated heterocycles. The van der Waals surface area contributed by atoms with Crippen molar-refractivity contribution in [2.45, 2.75) is 46.7 Å². The van der Waals surface area contributed by atoms with Crippen LogP contribution < -0.4 is 10.1 Å². The minimum absolute atomic E-state index is 0.0627. The van der Waals surface area contributed by atoms with E-state index in [0.29, 0.717) is 5.75 Å². The van der Waals surface area contributed by atoms with E-state index in [2.05, 4.69) is 42.0 Å². The van der Waals surface area contributed by atoms with Crippen LogP contribution in [0.15, 0.2) is 22.7 Å². The minimum Gasteiger partial charge on any atom is -0.491 e. The van der Waals surface area contributed by atoms with E-state index in [1.807, 2.05) is 18.2 Å². The Balaban J connectivity index is 2.69. The summed E-state index contributed by atoms with van der Waals surface area (Å²) in [6, 6.07) is 5.83. The highest BCUT2D eigenvalue weighted by Crippen LogP contribution is 2.28. The smallest absolute Gasteiger partial charge is 0.312 e. The average Bonchev–Trinajstić information content (AvgIpc) is 2.34. The molecule has 0 atom stereocenters. The molecular weight excluding hydrogens is 334 g/mol. The lowest BCUT2D eigenvalue weighted by Crippen LogP contribution is -2.35. The van der Waals surface area contributed by atoms with Crippen molar-refractivity contribution in [3.8, 4) is 5.75 Å². The Kier molecular flexibility index (Phi) is 5.82. The standard InChI is InChI=1S/C16H24BrNO3/c1-15(2,3)18-9-11-6-7-13(12(17)8-11)21-10-16(4,5)14(19)20/h6-8,18H,9-10H2,1-5H3,(H,19,20). The van der Waals surface area contributed by atoms with Crippen LogP contribution in [0, 0.1) is 5.41 Å². The van der Waals surface area contributed by atoms with Crippen LogP contribution in [0.4, 0.5) is 0 Å². The van der Waals surface area contributed by atoms with E-state index in [1.165, 1.54) is 0 Å². The molecule has 0 radical (unpaired) electrons. The van der Waals surface area contributed by atoms with E-state index in [-0.39, 0.29) is 12.1 Å². The Hall–Kier alpha value is -1.07. The van der Waals surface area contributed by atoms with Crippen molar-refractivity contribution in [3.05, 3.63) is 28.2 Å².